The Morgan fingerprint density at radius 3 is 2.28 bits per heavy atom. The van der Waals surface area contributed by atoms with Crippen LogP contribution >= 0.6 is 11.6 Å². The van der Waals surface area contributed by atoms with Gasteiger partial charge in [-0.2, -0.15) is 0 Å². The van der Waals surface area contributed by atoms with Gasteiger partial charge in [-0.1, -0.05) is 41.9 Å². The smallest absolute Gasteiger partial charge is 0.335 e. The lowest BCUT2D eigenvalue weighted by molar-refractivity contribution is 0.0696. The number of halogens is 1. The van der Waals surface area contributed by atoms with Crippen LogP contribution in [-0.4, -0.2) is 17.0 Å². The van der Waals surface area contributed by atoms with Crippen molar-refractivity contribution in [1.29, 1.82) is 0 Å². The quantitative estimate of drug-likeness (QED) is 0.519. The van der Waals surface area contributed by atoms with Crippen molar-refractivity contribution >= 4 is 34.9 Å². The van der Waals surface area contributed by atoms with Gasteiger partial charge in [-0.05, 0) is 42.8 Å². The number of carboxylic acids is 1. The molecule has 29 heavy (non-hydrogen) atoms. The van der Waals surface area contributed by atoms with Gasteiger partial charge in [0.15, 0.2) is 5.66 Å². The van der Waals surface area contributed by atoms with Crippen LogP contribution in [0.3, 0.4) is 0 Å². The molecule has 0 saturated heterocycles. The molecule has 0 fully saturated rings. The normalized spacial score (nSPS) is 17.2. The minimum absolute atomic E-state index is 0.175. The molecular formula is C22H18ClN3O3. The monoisotopic (exact) mass is 407 g/mol. The molecule has 0 spiro atoms. The minimum Gasteiger partial charge on any atom is -0.478 e. The Morgan fingerprint density at radius 1 is 0.931 bits per heavy atom. The molecule has 4 rings (SSSR count). The Morgan fingerprint density at radius 2 is 1.62 bits per heavy atom. The third-order valence-corrected chi connectivity index (χ3v) is 5.43. The second kappa shape index (κ2) is 6.83. The molecule has 5 N–H and O–H groups in total. The molecule has 1 atom stereocenters. The van der Waals surface area contributed by atoms with Crippen LogP contribution in [0.25, 0.3) is 0 Å². The fourth-order valence-corrected chi connectivity index (χ4v) is 4.03. The number of hydrogen-bond acceptors (Lipinski definition) is 4. The van der Waals surface area contributed by atoms with Gasteiger partial charge in [0.05, 0.1) is 16.9 Å². The number of aromatic carboxylic acids is 1. The number of anilines is 2. The number of amides is 1. The van der Waals surface area contributed by atoms with Gasteiger partial charge in [-0.25, -0.2) is 4.79 Å². The Hall–Kier alpha value is -3.51. The molecule has 7 heteroatoms. The lowest BCUT2D eigenvalue weighted by Crippen LogP contribution is -2.41. The highest BCUT2D eigenvalue weighted by Crippen LogP contribution is 2.46. The maximum Gasteiger partial charge on any atom is 0.335 e. The van der Waals surface area contributed by atoms with Crippen LogP contribution in [0, 0.1) is 6.92 Å². The molecule has 146 valence electrons. The molecule has 0 saturated carbocycles. The van der Waals surface area contributed by atoms with E-state index in [1.165, 1.54) is 6.07 Å². The predicted molar refractivity (Wildman–Crippen MR) is 113 cm³/mol. The lowest BCUT2D eigenvalue weighted by atomic mass is 9.88. The molecule has 1 aliphatic rings. The van der Waals surface area contributed by atoms with Crippen molar-refractivity contribution in [2.75, 3.05) is 10.6 Å². The Labute approximate surface area is 172 Å². The molecule has 0 bridgehead atoms. The number of nitrogens with one attached hydrogen (secondary N) is 2. The highest BCUT2D eigenvalue weighted by atomic mass is 35.5. The van der Waals surface area contributed by atoms with E-state index in [1.807, 2.05) is 31.2 Å². The van der Waals surface area contributed by atoms with Crippen LogP contribution in [-0.2, 0) is 5.66 Å². The van der Waals surface area contributed by atoms with Gasteiger partial charge in [-0.3, -0.25) is 4.79 Å². The van der Waals surface area contributed by atoms with Gasteiger partial charge >= 0.3 is 5.97 Å². The van der Waals surface area contributed by atoms with Crippen molar-refractivity contribution in [3.8, 4) is 0 Å². The predicted octanol–water partition coefficient (Wildman–Crippen LogP) is 4.18. The summed E-state index contributed by atoms with van der Waals surface area (Å²) in [7, 11) is 0. The van der Waals surface area contributed by atoms with Crippen LogP contribution in [0.4, 0.5) is 11.4 Å². The molecule has 1 amide bonds. The summed E-state index contributed by atoms with van der Waals surface area (Å²) in [5.74, 6) is -1.57. The first-order valence-electron chi connectivity index (χ1n) is 8.91. The summed E-state index contributed by atoms with van der Waals surface area (Å²) < 4.78 is 0. The third-order valence-electron chi connectivity index (χ3n) is 5.12. The van der Waals surface area contributed by atoms with E-state index in [2.05, 4.69) is 10.6 Å². The van der Waals surface area contributed by atoms with Crippen molar-refractivity contribution in [2.24, 2.45) is 5.73 Å². The standard InChI is InChI=1S/C22H18ClN3O3/c1-12-4-2-3-5-15(12)22(16-8-6-13(20(24)27)10-17(16)23)25-18-9-7-14(21(28)29)11-19(18)26-22/h2-11,25-26H,1H3,(H2,24,27)(H,28,29). The fourth-order valence-electron chi connectivity index (χ4n) is 3.71. The number of nitrogens with two attached hydrogens (primary N) is 1. The summed E-state index contributed by atoms with van der Waals surface area (Å²) in [6.07, 6.45) is 0. The van der Waals surface area contributed by atoms with E-state index in [-0.39, 0.29) is 5.56 Å². The number of primary amides is 1. The Balaban J connectivity index is 1.93. The van der Waals surface area contributed by atoms with Crippen molar-refractivity contribution in [2.45, 2.75) is 12.6 Å². The molecule has 6 nitrogen and oxygen atoms in total. The average Bonchev–Trinajstić information content (AvgIpc) is 3.07. The average molecular weight is 408 g/mol. The summed E-state index contributed by atoms with van der Waals surface area (Å²) >= 11 is 6.59. The molecule has 1 heterocycles. The number of carboxylic acid groups (broad SMARTS) is 1. The van der Waals surface area contributed by atoms with Gasteiger partial charge in [0.25, 0.3) is 0 Å². The van der Waals surface area contributed by atoms with Crippen molar-refractivity contribution in [3.63, 3.8) is 0 Å². The number of fused-ring (bicyclic) bond motifs is 1. The van der Waals surface area contributed by atoms with Gasteiger partial charge in [0, 0.05) is 21.7 Å². The maximum absolute atomic E-state index is 11.5. The molecular weight excluding hydrogens is 390 g/mol. The van der Waals surface area contributed by atoms with Gasteiger partial charge in [-0.15, -0.1) is 0 Å². The number of hydrogen-bond donors (Lipinski definition) is 4. The first kappa shape index (κ1) is 18.8. The summed E-state index contributed by atoms with van der Waals surface area (Å²) in [5.41, 5.74) is 8.92. The van der Waals surface area contributed by atoms with E-state index in [1.54, 1.807) is 30.3 Å². The minimum atomic E-state index is -1.01. The van der Waals surface area contributed by atoms with E-state index in [0.717, 1.165) is 16.8 Å². The van der Waals surface area contributed by atoms with E-state index in [4.69, 9.17) is 17.3 Å². The zero-order valence-electron chi connectivity index (χ0n) is 15.5. The number of rotatable bonds is 4. The number of carbonyl (C=O) groups is 2. The second-order valence-corrected chi connectivity index (χ2v) is 7.35. The summed E-state index contributed by atoms with van der Waals surface area (Å²) in [6, 6.07) is 17.6. The largest absolute Gasteiger partial charge is 0.478 e. The van der Waals surface area contributed by atoms with Gasteiger partial charge in [0.2, 0.25) is 5.91 Å². The summed E-state index contributed by atoms with van der Waals surface area (Å²) in [4.78, 5) is 22.9. The molecule has 1 aliphatic heterocycles. The maximum atomic E-state index is 11.5. The summed E-state index contributed by atoms with van der Waals surface area (Å²) in [5, 5.41) is 16.6. The fraction of sp³-hybridized carbons (Fsp3) is 0.0909. The number of carbonyl (C=O) groups excluding carboxylic acids is 1. The van der Waals surface area contributed by atoms with Crippen molar-refractivity contribution in [3.05, 3.63) is 93.5 Å². The SMILES string of the molecule is Cc1ccccc1C1(c2ccc(C(N)=O)cc2Cl)Nc2ccc(C(=O)O)cc2N1. The van der Waals surface area contributed by atoms with E-state index >= 15 is 0 Å². The third kappa shape index (κ3) is 3.07. The number of benzene rings is 3. The Bertz CT molecular complexity index is 1160. The Kier molecular flexibility index (Phi) is 4.43. The molecule has 1 unspecified atom stereocenters. The highest BCUT2D eigenvalue weighted by Gasteiger charge is 2.42. The zero-order valence-corrected chi connectivity index (χ0v) is 16.2. The van der Waals surface area contributed by atoms with Crippen LogP contribution < -0.4 is 16.4 Å². The highest BCUT2D eigenvalue weighted by molar-refractivity contribution is 6.32. The van der Waals surface area contributed by atoms with Crippen LogP contribution in [0.2, 0.25) is 5.02 Å². The second-order valence-electron chi connectivity index (χ2n) is 6.94. The van der Waals surface area contributed by atoms with Gasteiger partial charge < -0.3 is 21.5 Å². The first-order valence-corrected chi connectivity index (χ1v) is 9.29. The van der Waals surface area contributed by atoms with Crippen LogP contribution in [0.15, 0.2) is 60.7 Å². The molecule has 0 radical (unpaired) electrons. The van der Waals surface area contributed by atoms with Crippen LogP contribution in [0.1, 0.15) is 37.4 Å². The van der Waals surface area contributed by atoms with Crippen molar-refractivity contribution < 1.29 is 14.7 Å². The molecule has 3 aromatic rings. The molecule has 3 aromatic carbocycles. The van der Waals surface area contributed by atoms with E-state index in [0.29, 0.717) is 21.8 Å². The lowest BCUT2D eigenvalue weighted by Gasteiger charge is -2.34. The topological polar surface area (TPSA) is 104 Å². The van der Waals surface area contributed by atoms with Crippen molar-refractivity contribution in [1.82, 2.24) is 0 Å². The van der Waals surface area contributed by atoms with Gasteiger partial charge in [0.1, 0.15) is 0 Å². The van der Waals surface area contributed by atoms with Crippen LogP contribution in [0.5, 0.6) is 0 Å². The van der Waals surface area contributed by atoms with E-state index < -0.39 is 17.5 Å². The first-order chi connectivity index (χ1) is 13.8. The van der Waals surface area contributed by atoms with E-state index in [9.17, 15) is 14.7 Å². The summed E-state index contributed by atoms with van der Waals surface area (Å²) in [6.45, 7) is 1.98. The molecule has 0 aliphatic carbocycles. The molecule has 0 aromatic heterocycles. The zero-order chi connectivity index (χ0) is 20.8. The number of aryl methyl sites for hydroxylation is 1.